The fourth-order valence-electron chi connectivity index (χ4n) is 1.05. The monoisotopic (exact) mass is 211 g/mol. The Morgan fingerprint density at radius 3 is 2.29 bits per heavy atom. The van der Waals surface area contributed by atoms with Crippen LogP contribution in [0.1, 0.15) is 25.7 Å². The first-order chi connectivity index (χ1) is 6.68. The predicted octanol–water partition coefficient (Wildman–Crippen LogP) is 0.755. The topological polar surface area (TPSA) is 52.5 Å². The van der Waals surface area contributed by atoms with Gasteiger partial charge in [-0.15, -0.1) is 0 Å². The summed E-state index contributed by atoms with van der Waals surface area (Å²) in [6, 6.07) is 0. The van der Waals surface area contributed by atoms with Crippen molar-refractivity contribution in [3.63, 3.8) is 0 Å². The lowest BCUT2D eigenvalue weighted by atomic mass is 10.2. The Balaban J connectivity index is 3.06. The first-order valence-corrected chi connectivity index (χ1v) is 4.96. The number of halogens is 2. The molecule has 0 aromatic rings. The highest BCUT2D eigenvalue weighted by molar-refractivity contribution is 4.61. The van der Waals surface area contributed by atoms with Gasteiger partial charge >= 0.3 is 0 Å². The summed E-state index contributed by atoms with van der Waals surface area (Å²) >= 11 is 0. The van der Waals surface area contributed by atoms with Crippen molar-refractivity contribution in [1.82, 2.24) is 5.32 Å². The van der Waals surface area contributed by atoms with Crippen molar-refractivity contribution in [3.8, 4) is 0 Å². The van der Waals surface area contributed by atoms with Gasteiger partial charge in [-0.1, -0.05) is 12.8 Å². The SMILES string of the molecule is OCCCCCCNCC(O)C(F)F. The number of aliphatic hydroxyl groups excluding tert-OH is 2. The molecule has 0 saturated heterocycles. The molecule has 0 saturated carbocycles. The first-order valence-electron chi connectivity index (χ1n) is 4.96. The molecule has 0 heterocycles. The third-order valence-corrected chi connectivity index (χ3v) is 1.91. The number of alkyl halides is 2. The van der Waals surface area contributed by atoms with E-state index >= 15 is 0 Å². The molecule has 0 aliphatic heterocycles. The van der Waals surface area contributed by atoms with E-state index < -0.39 is 12.5 Å². The van der Waals surface area contributed by atoms with Gasteiger partial charge < -0.3 is 15.5 Å². The molecular weight excluding hydrogens is 192 g/mol. The summed E-state index contributed by atoms with van der Waals surface area (Å²) < 4.78 is 23.6. The second-order valence-electron chi connectivity index (χ2n) is 3.24. The molecular formula is C9H19F2NO2. The van der Waals surface area contributed by atoms with Crippen LogP contribution in [-0.4, -0.2) is 42.4 Å². The minimum Gasteiger partial charge on any atom is -0.396 e. The largest absolute Gasteiger partial charge is 0.396 e. The summed E-state index contributed by atoms with van der Waals surface area (Å²) in [6.45, 7) is 0.782. The zero-order valence-corrected chi connectivity index (χ0v) is 8.25. The molecule has 86 valence electrons. The van der Waals surface area contributed by atoms with Crippen LogP contribution in [0.5, 0.6) is 0 Å². The summed E-state index contributed by atoms with van der Waals surface area (Å²) in [5.74, 6) is 0. The molecule has 0 bridgehead atoms. The summed E-state index contributed by atoms with van der Waals surface area (Å²) in [7, 11) is 0. The molecule has 0 radical (unpaired) electrons. The molecule has 14 heavy (non-hydrogen) atoms. The molecule has 0 spiro atoms. The third-order valence-electron chi connectivity index (χ3n) is 1.91. The van der Waals surface area contributed by atoms with Crippen molar-refractivity contribution in [2.45, 2.75) is 38.2 Å². The molecule has 0 aromatic carbocycles. The highest BCUT2D eigenvalue weighted by Gasteiger charge is 2.15. The standard InChI is InChI=1S/C9H19F2NO2/c10-9(11)8(14)7-12-5-3-1-2-4-6-13/h8-9,12-14H,1-7H2. The van der Waals surface area contributed by atoms with Crippen LogP contribution >= 0.6 is 0 Å². The molecule has 0 rings (SSSR count). The van der Waals surface area contributed by atoms with E-state index in [1.54, 1.807) is 0 Å². The summed E-state index contributed by atoms with van der Waals surface area (Å²) in [6.07, 6.45) is -0.631. The smallest absolute Gasteiger partial charge is 0.265 e. The van der Waals surface area contributed by atoms with Gasteiger partial charge in [-0.05, 0) is 19.4 Å². The minimum absolute atomic E-state index is 0.0579. The highest BCUT2D eigenvalue weighted by Crippen LogP contribution is 2.00. The van der Waals surface area contributed by atoms with Crippen LogP contribution in [-0.2, 0) is 0 Å². The van der Waals surface area contributed by atoms with Crippen LogP contribution in [0, 0.1) is 0 Å². The zero-order valence-electron chi connectivity index (χ0n) is 8.25. The lowest BCUT2D eigenvalue weighted by molar-refractivity contribution is -0.00317. The van der Waals surface area contributed by atoms with E-state index in [1.807, 2.05) is 0 Å². The maximum Gasteiger partial charge on any atom is 0.265 e. The van der Waals surface area contributed by atoms with Gasteiger partial charge in [0.05, 0.1) is 0 Å². The van der Waals surface area contributed by atoms with E-state index in [4.69, 9.17) is 10.2 Å². The number of nitrogens with one attached hydrogen (secondary N) is 1. The normalized spacial score (nSPS) is 13.5. The van der Waals surface area contributed by atoms with E-state index in [0.717, 1.165) is 25.7 Å². The van der Waals surface area contributed by atoms with Gasteiger partial charge in [-0.3, -0.25) is 0 Å². The van der Waals surface area contributed by atoms with Crippen molar-refractivity contribution >= 4 is 0 Å². The highest BCUT2D eigenvalue weighted by atomic mass is 19.3. The van der Waals surface area contributed by atoms with Crippen LogP contribution in [0.3, 0.4) is 0 Å². The third kappa shape index (κ3) is 8.34. The Kier molecular flexibility index (Phi) is 9.13. The molecule has 5 heteroatoms. The van der Waals surface area contributed by atoms with Crippen molar-refractivity contribution < 1.29 is 19.0 Å². The van der Waals surface area contributed by atoms with Crippen molar-refractivity contribution in [2.75, 3.05) is 19.7 Å². The van der Waals surface area contributed by atoms with Gasteiger partial charge in [0.25, 0.3) is 6.43 Å². The zero-order chi connectivity index (χ0) is 10.8. The quantitative estimate of drug-likeness (QED) is 0.493. The van der Waals surface area contributed by atoms with E-state index in [1.165, 1.54) is 0 Å². The summed E-state index contributed by atoms with van der Waals surface area (Å²) in [5.41, 5.74) is 0. The Morgan fingerprint density at radius 2 is 1.71 bits per heavy atom. The summed E-state index contributed by atoms with van der Waals surface area (Å²) in [4.78, 5) is 0. The van der Waals surface area contributed by atoms with Gasteiger partial charge in [0, 0.05) is 13.2 Å². The summed E-state index contributed by atoms with van der Waals surface area (Å²) in [5, 5.41) is 19.9. The van der Waals surface area contributed by atoms with Crippen LogP contribution in [0.25, 0.3) is 0 Å². The fourth-order valence-corrected chi connectivity index (χ4v) is 1.05. The van der Waals surface area contributed by atoms with Gasteiger partial charge in [0.2, 0.25) is 0 Å². The second-order valence-corrected chi connectivity index (χ2v) is 3.24. The lowest BCUT2D eigenvalue weighted by Gasteiger charge is -2.10. The Morgan fingerprint density at radius 1 is 1.07 bits per heavy atom. The molecule has 3 nitrogen and oxygen atoms in total. The molecule has 0 aromatic heterocycles. The van der Waals surface area contributed by atoms with Crippen LogP contribution in [0.15, 0.2) is 0 Å². The van der Waals surface area contributed by atoms with Crippen molar-refractivity contribution in [2.24, 2.45) is 0 Å². The van der Waals surface area contributed by atoms with Crippen molar-refractivity contribution in [3.05, 3.63) is 0 Å². The van der Waals surface area contributed by atoms with E-state index in [-0.39, 0.29) is 13.2 Å². The Hall–Kier alpha value is -0.260. The number of rotatable bonds is 9. The number of aliphatic hydroxyl groups is 2. The maximum absolute atomic E-state index is 11.8. The molecule has 0 fully saturated rings. The molecule has 1 unspecified atom stereocenters. The maximum atomic E-state index is 11.8. The van der Waals surface area contributed by atoms with Crippen molar-refractivity contribution in [1.29, 1.82) is 0 Å². The molecule has 0 amide bonds. The van der Waals surface area contributed by atoms with Gasteiger partial charge in [0.15, 0.2) is 0 Å². The average Bonchev–Trinajstić information content (AvgIpc) is 2.16. The van der Waals surface area contributed by atoms with Gasteiger partial charge in [-0.2, -0.15) is 0 Å². The van der Waals surface area contributed by atoms with Crippen LogP contribution < -0.4 is 5.32 Å². The average molecular weight is 211 g/mol. The van der Waals surface area contributed by atoms with Gasteiger partial charge in [-0.25, -0.2) is 8.78 Å². The number of hydrogen-bond acceptors (Lipinski definition) is 3. The van der Waals surface area contributed by atoms with Crippen LogP contribution in [0.4, 0.5) is 8.78 Å². The predicted molar refractivity (Wildman–Crippen MR) is 50.4 cm³/mol. The van der Waals surface area contributed by atoms with E-state index in [0.29, 0.717) is 6.54 Å². The molecule has 1 atom stereocenters. The molecule has 0 aliphatic rings. The second kappa shape index (κ2) is 9.30. The Labute approximate surface area is 83.1 Å². The first kappa shape index (κ1) is 13.7. The molecule has 3 N–H and O–H groups in total. The number of hydrogen-bond donors (Lipinski definition) is 3. The Bertz CT molecular complexity index is 125. The van der Waals surface area contributed by atoms with E-state index in [2.05, 4.69) is 5.32 Å². The van der Waals surface area contributed by atoms with Crippen LogP contribution in [0.2, 0.25) is 0 Å². The minimum atomic E-state index is -2.67. The van der Waals surface area contributed by atoms with Gasteiger partial charge in [0.1, 0.15) is 6.10 Å². The molecule has 0 aliphatic carbocycles. The van der Waals surface area contributed by atoms with E-state index in [9.17, 15) is 8.78 Å². The number of unbranched alkanes of at least 4 members (excludes halogenated alkanes) is 3. The lowest BCUT2D eigenvalue weighted by Crippen LogP contribution is -2.32. The fraction of sp³-hybridized carbons (Fsp3) is 1.00.